The number of piperidine rings is 2. The van der Waals surface area contributed by atoms with Gasteiger partial charge in [0.15, 0.2) is 0 Å². The Hall–Kier alpha value is -2.41. The molecule has 1 aromatic carbocycles. The second-order valence-corrected chi connectivity index (χ2v) is 10.2. The number of carbonyl (C=O) groups excluding carboxylic acids is 3. The maximum atomic E-state index is 13.4. The van der Waals surface area contributed by atoms with E-state index in [9.17, 15) is 14.4 Å². The van der Waals surface area contributed by atoms with Crippen LogP contribution in [0.25, 0.3) is 0 Å². The predicted molar refractivity (Wildman–Crippen MR) is 123 cm³/mol. The molecule has 3 aliphatic heterocycles. The van der Waals surface area contributed by atoms with Gasteiger partial charge < -0.3 is 15.1 Å². The van der Waals surface area contributed by atoms with Crippen LogP contribution in [0.4, 0.5) is 4.79 Å². The summed E-state index contributed by atoms with van der Waals surface area (Å²) in [5.41, 5.74) is 1.39. The molecule has 3 aliphatic rings. The maximum Gasteiger partial charge on any atom is 0.325 e. The number of likely N-dealkylation sites (tertiary alicyclic amines) is 2. The Morgan fingerprint density at radius 1 is 1.12 bits per heavy atom. The van der Waals surface area contributed by atoms with Crippen molar-refractivity contribution in [1.29, 1.82) is 0 Å². The van der Waals surface area contributed by atoms with E-state index in [4.69, 9.17) is 0 Å². The average Bonchev–Trinajstić information content (AvgIpc) is 3.00. The molecule has 1 aromatic rings. The van der Waals surface area contributed by atoms with Gasteiger partial charge in [-0.1, -0.05) is 43.7 Å². The number of imide groups is 1. The lowest BCUT2D eigenvalue weighted by Gasteiger charge is -2.39. The minimum atomic E-state index is -0.765. The van der Waals surface area contributed by atoms with E-state index in [-0.39, 0.29) is 23.9 Å². The van der Waals surface area contributed by atoms with E-state index < -0.39 is 5.54 Å². The molecular formula is C25H36N4O3. The molecule has 1 spiro atoms. The summed E-state index contributed by atoms with van der Waals surface area (Å²) in [6, 6.07) is 7.47. The van der Waals surface area contributed by atoms with Crippen molar-refractivity contribution in [3.05, 3.63) is 35.4 Å². The van der Waals surface area contributed by atoms with Gasteiger partial charge in [0.1, 0.15) is 5.54 Å². The SMILES string of the molecule is Cc1ccc(CC(=O)N2CCC[C@@H](N3C(=O)NC4(CCN(CC(C)C)CC4)C3=O)C2)cc1. The number of aryl methyl sites for hydroxylation is 1. The molecule has 4 amide bonds. The zero-order chi connectivity index (χ0) is 22.9. The summed E-state index contributed by atoms with van der Waals surface area (Å²) in [4.78, 5) is 44.9. The first-order valence-corrected chi connectivity index (χ1v) is 12.0. The largest absolute Gasteiger partial charge is 0.340 e. The van der Waals surface area contributed by atoms with Crippen molar-refractivity contribution in [2.45, 2.75) is 64.5 Å². The van der Waals surface area contributed by atoms with Crippen LogP contribution in [-0.4, -0.2) is 76.8 Å². The first-order valence-electron chi connectivity index (χ1n) is 12.0. The fourth-order valence-corrected chi connectivity index (χ4v) is 5.33. The Morgan fingerprint density at radius 2 is 1.81 bits per heavy atom. The van der Waals surface area contributed by atoms with Gasteiger partial charge in [-0.3, -0.25) is 14.5 Å². The fourth-order valence-electron chi connectivity index (χ4n) is 5.33. The number of carbonyl (C=O) groups is 3. The van der Waals surface area contributed by atoms with E-state index in [0.717, 1.165) is 38.0 Å². The molecule has 1 atom stereocenters. The number of nitrogens with zero attached hydrogens (tertiary/aromatic N) is 3. The third-order valence-corrected chi connectivity index (χ3v) is 7.12. The van der Waals surface area contributed by atoms with Crippen molar-refractivity contribution in [2.24, 2.45) is 5.92 Å². The van der Waals surface area contributed by atoms with Crippen LogP contribution in [-0.2, 0) is 16.0 Å². The molecule has 3 saturated heterocycles. The van der Waals surface area contributed by atoms with Crippen LogP contribution >= 0.6 is 0 Å². The fraction of sp³-hybridized carbons (Fsp3) is 0.640. The molecule has 0 aliphatic carbocycles. The molecule has 3 fully saturated rings. The quantitative estimate of drug-likeness (QED) is 0.715. The molecule has 32 heavy (non-hydrogen) atoms. The van der Waals surface area contributed by atoms with Crippen LogP contribution in [0.5, 0.6) is 0 Å². The van der Waals surface area contributed by atoms with E-state index in [2.05, 4.69) is 24.1 Å². The summed E-state index contributed by atoms with van der Waals surface area (Å²) < 4.78 is 0. The van der Waals surface area contributed by atoms with Gasteiger partial charge in [0.05, 0.1) is 12.5 Å². The van der Waals surface area contributed by atoms with Crippen molar-refractivity contribution < 1.29 is 14.4 Å². The Kier molecular flexibility index (Phi) is 6.56. The number of hydrogen-bond acceptors (Lipinski definition) is 4. The monoisotopic (exact) mass is 440 g/mol. The number of rotatable bonds is 5. The minimum absolute atomic E-state index is 0.0577. The molecule has 0 aromatic heterocycles. The van der Waals surface area contributed by atoms with E-state index in [0.29, 0.717) is 38.3 Å². The minimum Gasteiger partial charge on any atom is -0.340 e. The number of urea groups is 1. The van der Waals surface area contributed by atoms with Crippen LogP contribution in [0.2, 0.25) is 0 Å². The van der Waals surface area contributed by atoms with Gasteiger partial charge >= 0.3 is 6.03 Å². The summed E-state index contributed by atoms with van der Waals surface area (Å²) in [6.07, 6.45) is 3.22. The molecule has 7 nitrogen and oxygen atoms in total. The highest BCUT2D eigenvalue weighted by molar-refractivity contribution is 6.07. The Labute approximate surface area is 191 Å². The van der Waals surface area contributed by atoms with Gasteiger partial charge in [0.2, 0.25) is 5.91 Å². The number of nitrogens with one attached hydrogen (secondary N) is 1. The number of amides is 4. The first-order chi connectivity index (χ1) is 15.3. The normalized spacial score (nSPS) is 23.8. The number of benzene rings is 1. The third-order valence-electron chi connectivity index (χ3n) is 7.12. The van der Waals surface area contributed by atoms with E-state index >= 15 is 0 Å². The van der Waals surface area contributed by atoms with Crippen molar-refractivity contribution >= 4 is 17.8 Å². The van der Waals surface area contributed by atoms with Gasteiger partial charge in [-0.05, 0) is 44.1 Å². The Bertz CT molecular complexity index is 858. The third kappa shape index (κ3) is 4.68. The zero-order valence-electron chi connectivity index (χ0n) is 19.6. The van der Waals surface area contributed by atoms with Crippen LogP contribution in [0.1, 0.15) is 50.7 Å². The lowest BCUT2D eigenvalue weighted by Crippen LogP contribution is -2.56. The van der Waals surface area contributed by atoms with Crippen molar-refractivity contribution in [1.82, 2.24) is 20.0 Å². The Morgan fingerprint density at radius 3 is 2.47 bits per heavy atom. The van der Waals surface area contributed by atoms with Crippen molar-refractivity contribution in [3.8, 4) is 0 Å². The molecule has 0 saturated carbocycles. The molecule has 7 heteroatoms. The van der Waals surface area contributed by atoms with E-state index in [1.807, 2.05) is 36.1 Å². The van der Waals surface area contributed by atoms with Gasteiger partial charge in [-0.15, -0.1) is 0 Å². The molecular weight excluding hydrogens is 404 g/mol. The Balaban J connectivity index is 1.39. The topological polar surface area (TPSA) is 73.0 Å². The summed E-state index contributed by atoms with van der Waals surface area (Å²) >= 11 is 0. The summed E-state index contributed by atoms with van der Waals surface area (Å²) in [6.45, 7) is 10.2. The molecule has 1 N–H and O–H groups in total. The van der Waals surface area contributed by atoms with Gasteiger partial charge in [-0.2, -0.15) is 0 Å². The first kappa shape index (κ1) is 22.8. The second kappa shape index (κ2) is 9.22. The van der Waals surface area contributed by atoms with Gasteiger partial charge in [0.25, 0.3) is 5.91 Å². The van der Waals surface area contributed by atoms with Crippen LogP contribution in [0.3, 0.4) is 0 Å². The van der Waals surface area contributed by atoms with Crippen molar-refractivity contribution in [2.75, 3.05) is 32.7 Å². The molecule has 3 heterocycles. The molecule has 0 unspecified atom stereocenters. The predicted octanol–water partition coefficient (Wildman–Crippen LogP) is 2.57. The molecule has 0 bridgehead atoms. The van der Waals surface area contributed by atoms with Gasteiger partial charge in [-0.25, -0.2) is 4.79 Å². The van der Waals surface area contributed by atoms with Crippen molar-refractivity contribution in [3.63, 3.8) is 0 Å². The highest BCUT2D eigenvalue weighted by Gasteiger charge is 2.54. The second-order valence-electron chi connectivity index (χ2n) is 10.2. The summed E-state index contributed by atoms with van der Waals surface area (Å²) in [5.74, 6) is 0.548. The highest BCUT2D eigenvalue weighted by Crippen LogP contribution is 2.32. The molecule has 174 valence electrons. The summed E-state index contributed by atoms with van der Waals surface area (Å²) in [5, 5.41) is 3.04. The van der Waals surface area contributed by atoms with Gasteiger partial charge in [0, 0.05) is 32.7 Å². The lowest BCUT2D eigenvalue weighted by atomic mass is 9.86. The van der Waals surface area contributed by atoms with Crippen LogP contribution < -0.4 is 5.32 Å². The molecule has 0 radical (unpaired) electrons. The maximum absolute atomic E-state index is 13.4. The van der Waals surface area contributed by atoms with Crippen LogP contribution in [0, 0.1) is 12.8 Å². The van der Waals surface area contributed by atoms with Crippen LogP contribution in [0.15, 0.2) is 24.3 Å². The standard InChI is InChI=1S/C25H36N4O3/c1-18(2)16-27-13-10-25(11-14-27)23(31)29(24(32)26-25)21-5-4-12-28(17-21)22(30)15-20-8-6-19(3)7-9-20/h6-9,18,21H,4-5,10-17H2,1-3H3,(H,26,32)/t21-/m1/s1. The average molecular weight is 441 g/mol. The van der Waals surface area contributed by atoms with E-state index in [1.165, 1.54) is 10.5 Å². The number of hydrogen-bond donors (Lipinski definition) is 1. The zero-order valence-corrected chi connectivity index (χ0v) is 19.6. The lowest BCUT2D eigenvalue weighted by molar-refractivity contribution is -0.139. The molecule has 4 rings (SSSR count). The highest BCUT2D eigenvalue weighted by atomic mass is 16.2. The van der Waals surface area contributed by atoms with E-state index in [1.54, 1.807) is 0 Å². The summed E-state index contributed by atoms with van der Waals surface area (Å²) in [7, 11) is 0. The smallest absolute Gasteiger partial charge is 0.325 e.